The van der Waals surface area contributed by atoms with Crippen LogP contribution in [-0.2, 0) is 67.6 Å². The lowest BCUT2D eigenvalue weighted by Crippen LogP contribution is -2.43. The summed E-state index contributed by atoms with van der Waals surface area (Å²) in [7, 11) is 2.75. The standard InChI is InChI=1S/C41H66N2O17S/c1-7-41(4,39(47)60-23-13-50-5)11-8-10-40(2,3)38(46)59-26-22-56-21-24-57-34-27-31-29-61-30-32(37(45)51-6)42-36(44)9-12-52-14-15-53-16-17-54-18-19-55-20-25-58-35(34)28-33(31)43(48)49/h27-28,32H,7-26,29-30H2,1-6H3,(H,42,44). The van der Waals surface area contributed by atoms with Gasteiger partial charge in [-0.15, -0.1) is 0 Å². The Labute approximate surface area is 362 Å². The molecule has 2 aliphatic rings. The summed E-state index contributed by atoms with van der Waals surface area (Å²) in [6.07, 6.45) is 2.29. The summed E-state index contributed by atoms with van der Waals surface area (Å²) < 4.78 is 60.2. The average Bonchev–Trinajstić information content (AvgIpc) is 3.23. The highest BCUT2D eigenvalue weighted by Crippen LogP contribution is 2.37. The highest BCUT2D eigenvalue weighted by atomic mass is 32.2. The van der Waals surface area contributed by atoms with E-state index in [9.17, 15) is 29.3 Å². The Bertz CT molecular complexity index is 1480. The SMILES string of the molecule is CCC(C)(CCCC(C)(C)C(=O)OCCOCCOc1cc2c([N+](=O)[O-])cc1OCCOCCOCCOCCOCCC(=O)NC(C(=O)OC)CSC2)C(=O)OCCOC. The molecule has 19 nitrogen and oxygen atoms in total. The van der Waals surface area contributed by atoms with E-state index in [0.717, 1.165) is 0 Å². The first-order valence-corrected chi connectivity index (χ1v) is 21.7. The van der Waals surface area contributed by atoms with Crippen molar-refractivity contribution in [3.63, 3.8) is 0 Å². The molecule has 0 spiro atoms. The van der Waals surface area contributed by atoms with Gasteiger partial charge in [0.05, 0.1) is 102 Å². The van der Waals surface area contributed by atoms with Crippen molar-refractivity contribution in [2.45, 2.75) is 71.6 Å². The number of hydrogen-bond donors (Lipinski definition) is 1. The van der Waals surface area contributed by atoms with E-state index in [1.165, 1.54) is 31.0 Å². The Balaban J connectivity index is 2.01. The molecule has 0 fully saturated rings. The van der Waals surface area contributed by atoms with Crippen LogP contribution in [0, 0.1) is 20.9 Å². The molecule has 1 amide bonds. The highest BCUT2D eigenvalue weighted by Gasteiger charge is 2.35. The van der Waals surface area contributed by atoms with Gasteiger partial charge in [-0.05, 0) is 46.1 Å². The van der Waals surface area contributed by atoms with Crippen LogP contribution >= 0.6 is 11.8 Å². The van der Waals surface area contributed by atoms with Crippen LogP contribution in [0.5, 0.6) is 11.5 Å². The summed E-state index contributed by atoms with van der Waals surface area (Å²) in [4.78, 5) is 62.3. The second kappa shape index (κ2) is 30.3. The van der Waals surface area contributed by atoms with Crippen molar-refractivity contribution >= 4 is 41.3 Å². The number of amides is 1. The van der Waals surface area contributed by atoms with Crippen molar-refractivity contribution in [3.05, 3.63) is 27.8 Å². The van der Waals surface area contributed by atoms with Crippen LogP contribution in [0.1, 0.15) is 65.4 Å². The fourth-order valence-electron chi connectivity index (χ4n) is 5.64. The number of carbonyl (C=O) groups excluding carboxylic acids is 4. The maximum Gasteiger partial charge on any atom is 0.329 e. The van der Waals surface area contributed by atoms with Gasteiger partial charge in [-0.25, -0.2) is 4.79 Å². The highest BCUT2D eigenvalue weighted by molar-refractivity contribution is 7.98. The number of hydrogen-bond acceptors (Lipinski definition) is 18. The number of nitro benzene ring substituents is 1. The van der Waals surface area contributed by atoms with E-state index in [1.807, 2.05) is 13.8 Å². The third kappa shape index (κ3) is 21.2. The smallest absolute Gasteiger partial charge is 0.329 e. The van der Waals surface area contributed by atoms with Crippen molar-refractivity contribution in [1.82, 2.24) is 5.32 Å². The number of nitrogens with zero attached hydrogens (tertiary/aromatic N) is 1. The second-order valence-electron chi connectivity index (χ2n) is 14.8. The molecule has 1 aromatic carbocycles. The number of rotatable bonds is 19. The summed E-state index contributed by atoms with van der Waals surface area (Å²) in [5.74, 6) is -1.28. The maximum absolute atomic E-state index is 12.9. The Hall–Kier alpha value is -3.79. The molecule has 0 radical (unpaired) electrons. The first-order chi connectivity index (χ1) is 29.3. The fourth-order valence-corrected chi connectivity index (χ4v) is 6.67. The average molecular weight is 891 g/mol. The first kappa shape index (κ1) is 53.3. The Morgan fingerprint density at radius 3 is 2.07 bits per heavy atom. The van der Waals surface area contributed by atoms with E-state index in [2.05, 4.69) is 5.32 Å². The molecule has 2 unspecified atom stereocenters. The van der Waals surface area contributed by atoms with Crippen molar-refractivity contribution in [1.29, 1.82) is 0 Å². The summed E-state index contributed by atoms with van der Waals surface area (Å²) in [6.45, 7) is 10.4. The van der Waals surface area contributed by atoms with Gasteiger partial charge in [0.25, 0.3) is 5.69 Å². The van der Waals surface area contributed by atoms with Crippen molar-refractivity contribution in [2.24, 2.45) is 10.8 Å². The minimum absolute atomic E-state index is 0.000811. The number of benzene rings is 1. The monoisotopic (exact) mass is 890 g/mol. The van der Waals surface area contributed by atoms with Gasteiger partial charge < -0.3 is 57.4 Å². The van der Waals surface area contributed by atoms with Gasteiger partial charge in [-0.2, -0.15) is 11.8 Å². The van der Waals surface area contributed by atoms with Gasteiger partial charge in [0.2, 0.25) is 5.91 Å². The molecule has 0 aromatic heterocycles. The van der Waals surface area contributed by atoms with Crippen molar-refractivity contribution in [2.75, 3.05) is 119 Å². The molecule has 1 N–H and O–H groups in total. The predicted molar refractivity (Wildman–Crippen MR) is 223 cm³/mol. The van der Waals surface area contributed by atoms with Crippen molar-refractivity contribution in [3.8, 4) is 11.5 Å². The molecule has 61 heavy (non-hydrogen) atoms. The minimum Gasteiger partial charge on any atom is -0.487 e. The van der Waals surface area contributed by atoms with Crippen LogP contribution < -0.4 is 14.8 Å². The molecule has 348 valence electrons. The molecule has 3 rings (SSSR count). The van der Waals surface area contributed by atoms with E-state index in [0.29, 0.717) is 64.3 Å². The molecule has 20 heteroatoms. The lowest BCUT2D eigenvalue weighted by Gasteiger charge is -2.28. The Morgan fingerprint density at radius 1 is 0.836 bits per heavy atom. The third-order valence-electron chi connectivity index (χ3n) is 9.60. The Kier molecular flexibility index (Phi) is 26.5. The van der Waals surface area contributed by atoms with Crippen LogP contribution in [0.2, 0.25) is 0 Å². The maximum atomic E-state index is 12.9. The van der Waals surface area contributed by atoms with E-state index >= 15 is 0 Å². The molecule has 0 saturated carbocycles. The minimum atomic E-state index is -1.01. The zero-order chi connectivity index (χ0) is 44.9. The number of nitrogens with one attached hydrogen (secondary N) is 1. The van der Waals surface area contributed by atoms with Crippen LogP contribution in [0.25, 0.3) is 0 Å². The number of thioether (sulfide) groups is 1. The number of carbonyl (C=O) groups is 4. The number of ether oxygens (including phenoxy) is 11. The number of fused-ring (bicyclic) bond motifs is 22. The number of methoxy groups -OCH3 is 2. The topological polar surface area (TPSA) is 225 Å². The van der Waals surface area contributed by atoms with Gasteiger partial charge in [0.15, 0.2) is 11.5 Å². The normalized spacial score (nSPS) is 17.9. The van der Waals surface area contributed by atoms with Gasteiger partial charge in [-0.1, -0.05) is 13.3 Å². The lowest BCUT2D eigenvalue weighted by atomic mass is 9.79. The van der Waals surface area contributed by atoms with Crippen LogP contribution in [0.3, 0.4) is 0 Å². The zero-order valence-electron chi connectivity index (χ0n) is 36.6. The number of nitro groups is 1. The summed E-state index contributed by atoms with van der Waals surface area (Å²) in [6, 6.07) is 1.76. The van der Waals surface area contributed by atoms with Gasteiger partial charge in [-0.3, -0.25) is 24.5 Å². The molecule has 1 aromatic rings. The summed E-state index contributed by atoms with van der Waals surface area (Å²) >= 11 is 1.18. The van der Waals surface area contributed by atoms with E-state index in [1.54, 1.807) is 21.0 Å². The van der Waals surface area contributed by atoms with Gasteiger partial charge in [0, 0.05) is 30.6 Å². The predicted octanol–water partition coefficient (Wildman–Crippen LogP) is 4.08. The van der Waals surface area contributed by atoms with Crippen molar-refractivity contribution < 1.29 is 76.2 Å². The zero-order valence-corrected chi connectivity index (χ0v) is 37.4. The molecule has 2 aliphatic heterocycles. The molecule has 2 bridgehead atoms. The van der Waals surface area contributed by atoms with Crippen LogP contribution in [0.4, 0.5) is 5.69 Å². The summed E-state index contributed by atoms with van der Waals surface area (Å²) in [5, 5.41) is 14.8. The molecular weight excluding hydrogens is 825 g/mol. The lowest BCUT2D eigenvalue weighted by molar-refractivity contribution is -0.385. The van der Waals surface area contributed by atoms with Gasteiger partial charge in [0.1, 0.15) is 32.5 Å². The quantitative estimate of drug-likeness (QED) is 0.0516. The first-order valence-electron chi connectivity index (χ1n) is 20.5. The Morgan fingerprint density at radius 2 is 1.44 bits per heavy atom. The van der Waals surface area contributed by atoms with E-state index < -0.39 is 33.7 Å². The molecule has 0 saturated heterocycles. The molecule has 2 atom stereocenters. The van der Waals surface area contributed by atoms with E-state index in [4.69, 9.17) is 52.1 Å². The fraction of sp³-hybridized carbons (Fsp3) is 0.756. The second-order valence-corrected chi connectivity index (χ2v) is 15.8. The third-order valence-corrected chi connectivity index (χ3v) is 10.7. The van der Waals surface area contributed by atoms with Crippen LogP contribution in [0.15, 0.2) is 12.1 Å². The molecule has 2 heterocycles. The molecule has 0 aliphatic carbocycles. The summed E-state index contributed by atoms with van der Waals surface area (Å²) in [5.41, 5.74) is -1.39. The number of esters is 3. The van der Waals surface area contributed by atoms with Gasteiger partial charge >= 0.3 is 17.9 Å². The van der Waals surface area contributed by atoms with Crippen LogP contribution in [-0.4, -0.2) is 154 Å². The van der Waals surface area contributed by atoms with E-state index in [-0.39, 0.29) is 113 Å². The largest absolute Gasteiger partial charge is 0.487 e. The molecular formula is C41H66N2O17S.